The SMILES string of the molecule is CNC(=O)C(C)(C)CNc1ncc(OC)cn1. The third-order valence-electron chi connectivity index (χ3n) is 2.39. The highest BCUT2D eigenvalue weighted by atomic mass is 16.5. The molecule has 0 aliphatic carbocycles. The normalized spacial score (nSPS) is 10.8. The summed E-state index contributed by atoms with van der Waals surface area (Å²) in [6, 6.07) is 0. The van der Waals surface area contributed by atoms with Gasteiger partial charge in [-0.25, -0.2) is 9.97 Å². The van der Waals surface area contributed by atoms with Crippen LogP contribution < -0.4 is 15.4 Å². The molecule has 2 N–H and O–H groups in total. The van der Waals surface area contributed by atoms with E-state index in [9.17, 15) is 4.79 Å². The summed E-state index contributed by atoms with van der Waals surface area (Å²) < 4.78 is 4.95. The summed E-state index contributed by atoms with van der Waals surface area (Å²) in [7, 11) is 3.18. The number of carbonyl (C=O) groups excluding carboxylic acids is 1. The van der Waals surface area contributed by atoms with E-state index in [1.54, 1.807) is 26.6 Å². The van der Waals surface area contributed by atoms with Crippen LogP contribution in [0.15, 0.2) is 12.4 Å². The largest absolute Gasteiger partial charge is 0.494 e. The van der Waals surface area contributed by atoms with E-state index in [0.717, 1.165) is 0 Å². The lowest BCUT2D eigenvalue weighted by molar-refractivity contribution is -0.128. The molecule has 1 amide bonds. The van der Waals surface area contributed by atoms with Crippen molar-refractivity contribution >= 4 is 11.9 Å². The fraction of sp³-hybridized carbons (Fsp3) is 0.545. The molecule has 0 bridgehead atoms. The number of rotatable bonds is 5. The Morgan fingerprint density at radius 2 is 2.00 bits per heavy atom. The van der Waals surface area contributed by atoms with Crippen molar-refractivity contribution in [3.8, 4) is 5.75 Å². The third kappa shape index (κ3) is 3.58. The molecule has 0 aliphatic rings. The Bertz CT molecular complexity index is 376. The molecule has 6 heteroatoms. The van der Waals surface area contributed by atoms with Crippen molar-refractivity contribution in [2.75, 3.05) is 26.0 Å². The molecule has 0 atom stereocenters. The molecule has 0 radical (unpaired) electrons. The number of aromatic nitrogens is 2. The number of nitrogens with zero attached hydrogens (tertiary/aromatic N) is 2. The minimum Gasteiger partial charge on any atom is -0.494 e. The summed E-state index contributed by atoms with van der Waals surface area (Å²) in [5.41, 5.74) is -0.516. The van der Waals surface area contributed by atoms with Crippen molar-refractivity contribution in [3.05, 3.63) is 12.4 Å². The zero-order chi connectivity index (χ0) is 12.9. The number of nitrogens with one attached hydrogen (secondary N) is 2. The fourth-order valence-corrected chi connectivity index (χ4v) is 1.23. The molecule has 1 heterocycles. The highest BCUT2D eigenvalue weighted by Crippen LogP contribution is 2.16. The van der Waals surface area contributed by atoms with Crippen molar-refractivity contribution in [2.24, 2.45) is 5.41 Å². The second-order valence-electron chi connectivity index (χ2n) is 4.26. The molecule has 1 aromatic heterocycles. The van der Waals surface area contributed by atoms with Gasteiger partial charge < -0.3 is 15.4 Å². The zero-order valence-electron chi connectivity index (χ0n) is 10.6. The topological polar surface area (TPSA) is 76.1 Å². The number of hydrogen-bond donors (Lipinski definition) is 2. The average Bonchev–Trinajstić information content (AvgIpc) is 2.36. The summed E-state index contributed by atoms with van der Waals surface area (Å²) in [5.74, 6) is 1.04. The van der Waals surface area contributed by atoms with Crippen LogP contribution in [0.5, 0.6) is 5.75 Å². The van der Waals surface area contributed by atoms with E-state index in [-0.39, 0.29) is 5.91 Å². The molecule has 1 aromatic rings. The van der Waals surface area contributed by atoms with E-state index in [0.29, 0.717) is 18.2 Å². The second-order valence-corrected chi connectivity index (χ2v) is 4.26. The molecular formula is C11H18N4O2. The Hall–Kier alpha value is -1.85. The molecule has 0 aliphatic heterocycles. The number of hydrogen-bond acceptors (Lipinski definition) is 5. The first-order valence-electron chi connectivity index (χ1n) is 5.31. The number of methoxy groups -OCH3 is 1. The Balaban J connectivity index is 2.57. The molecule has 0 saturated heterocycles. The Kier molecular flexibility index (Phi) is 4.25. The highest BCUT2D eigenvalue weighted by Gasteiger charge is 2.26. The molecule has 0 saturated carbocycles. The van der Waals surface area contributed by atoms with E-state index in [1.807, 2.05) is 13.8 Å². The van der Waals surface area contributed by atoms with Gasteiger partial charge >= 0.3 is 0 Å². The predicted octanol–water partition coefficient (Wildman–Crippen LogP) is 0.669. The lowest BCUT2D eigenvalue weighted by Crippen LogP contribution is -2.39. The van der Waals surface area contributed by atoms with Crippen LogP contribution >= 0.6 is 0 Å². The maximum atomic E-state index is 11.5. The van der Waals surface area contributed by atoms with Gasteiger partial charge in [0.2, 0.25) is 11.9 Å². The zero-order valence-corrected chi connectivity index (χ0v) is 10.6. The lowest BCUT2D eigenvalue weighted by Gasteiger charge is -2.22. The van der Waals surface area contributed by atoms with Crippen molar-refractivity contribution < 1.29 is 9.53 Å². The van der Waals surface area contributed by atoms with Gasteiger partial charge in [0.15, 0.2) is 5.75 Å². The summed E-state index contributed by atoms with van der Waals surface area (Å²) in [4.78, 5) is 19.7. The molecule has 1 rings (SSSR count). The van der Waals surface area contributed by atoms with Crippen LogP contribution in [0.2, 0.25) is 0 Å². The lowest BCUT2D eigenvalue weighted by atomic mass is 9.92. The van der Waals surface area contributed by atoms with Gasteiger partial charge in [-0.1, -0.05) is 0 Å². The standard InChI is InChI=1S/C11H18N4O2/c1-11(2,9(16)12-3)7-15-10-13-5-8(17-4)6-14-10/h5-6H,7H2,1-4H3,(H,12,16)(H,13,14,15). The van der Waals surface area contributed by atoms with Crippen LogP contribution in [0.1, 0.15) is 13.8 Å². The quantitative estimate of drug-likeness (QED) is 0.788. The minimum absolute atomic E-state index is 0.0292. The van der Waals surface area contributed by atoms with Crippen molar-refractivity contribution in [1.29, 1.82) is 0 Å². The summed E-state index contributed by atoms with van der Waals surface area (Å²) in [5, 5.41) is 5.63. The summed E-state index contributed by atoms with van der Waals surface area (Å²) in [6.07, 6.45) is 3.14. The van der Waals surface area contributed by atoms with Crippen LogP contribution in [0.3, 0.4) is 0 Å². The van der Waals surface area contributed by atoms with Gasteiger partial charge in [0, 0.05) is 13.6 Å². The molecule has 94 valence electrons. The van der Waals surface area contributed by atoms with Crippen LogP contribution in [-0.2, 0) is 4.79 Å². The molecule has 0 aromatic carbocycles. The van der Waals surface area contributed by atoms with Crippen LogP contribution in [0, 0.1) is 5.41 Å². The number of ether oxygens (including phenoxy) is 1. The third-order valence-corrected chi connectivity index (χ3v) is 2.39. The first-order chi connectivity index (χ1) is 7.99. The molecule has 6 nitrogen and oxygen atoms in total. The van der Waals surface area contributed by atoms with E-state index >= 15 is 0 Å². The van der Waals surface area contributed by atoms with Gasteiger partial charge in [-0.05, 0) is 13.8 Å². The molecule has 0 spiro atoms. The Morgan fingerprint density at radius 3 is 2.47 bits per heavy atom. The monoisotopic (exact) mass is 238 g/mol. The van der Waals surface area contributed by atoms with Gasteiger partial charge in [-0.3, -0.25) is 4.79 Å². The maximum absolute atomic E-state index is 11.5. The summed E-state index contributed by atoms with van der Waals surface area (Å²) in [6.45, 7) is 4.16. The van der Waals surface area contributed by atoms with E-state index in [4.69, 9.17) is 4.74 Å². The maximum Gasteiger partial charge on any atom is 0.227 e. The Morgan fingerprint density at radius 1 is 1.41 bits per heavy atom. The smallest absolute Gasteiger partial charge is 0.227 e. The number of anilines is 1. The molecule has 17 heavy (non-hydrogen) atoms. The Labute approximate surface area is 101 Å². The van der Waals surface area contributed by atoms with Gasteiger partial charge in [-0.15, -0.1) is 0 Å². The number of amides is 1. The first kappa shape index (κ1) is 13.2. The summed E-state index contributed by atoms with van der Waals surface area (Å²) >= 11 is 0. The molecule has 0 fully saturated rings. The van der Waals surface area contributed by atoms with Gasteiger partial charge in [0.05, 0.1) is 24.9 Å². The van der Waals surface area contributed by atoms with E-state index in [2.05, 4.69) is 20.6 Å². The van der Waals surface area contributed by atoms with Gasteiger partial charge in [0.1, 0.15) is 0 Å². The fourth-order valence-electron chi connectivity index (χ4n) is 1.23. The van der Waals surface area contributed by atoms with Gasteiger partial charge in [-0.2, -0.15) is 0 Å². The second kappa shape index (κ2) is 5.47. The van der Waals surface area contributed by atoms with Gasteiger partial charge in [0.25, 0.3) is 0 Å². The first-order valence-corrected chi connectivity index (χ1v) is 5.31. The van der Waals surface area contributed by atoms with Crippen molar-refractivity contribution in [3.63, 3.8) is 0 Å². The van der Waals surface area contributed by atoms with Crippen molar-refractivity contribution in [1.82, 2.24) is 15.3 Å². The van der Waals surface area contributed by atoms with E-state index in [1.165, 1.54) is 0 Å². The van der Waals surface area contributed by atoms with Crippen LogP contribution in [0.4, 0.5) is 5.95 Å². The van der Waals surface area contributed by atoms with Crippen LogP contribution in [-0.4, -0.2) is 36.6 Å². The van der Waals surface area contributed by atoms with Crippen LogP contribution in [0.25, 0.3) is 0 Å². The van der Waals surface area contributed by atoms with Crippen molar-refractivity contribution in [2.45, 2.75) is 13.8 Å². The predicted molar refractivity (Wildman–Crippen MR) is 64.9 cm³/mol. The number of carbonyl (C=O) groups is 1. The average molecular weight is 238 g/mol. The minimum atomic E-state index is -0.516. The highest BCUT2D eigenvalue weighted by molar-refractivity contribution is 5.82. The van der Waals surface area contributed by atoms with E-state index < -0.39 is 5.41 Å². The molecular weight excluding hydrogens is 220 g/mol. The molecule has 0 unspecified atom stereocenters.